The van der Waals surface area contributed by atoms with E-state index in [1.807, 2.05) is 6.07 Å². The predicted molar refractivity (Wildman–Crippen MR) is 118 cm³/mol. The number of nitrogens with zero attached hydrogens (tertiary/aromatic N) is 3. The second-order valence-corrected chi connectivity index (χ2v) is 9.00. The molecule has 0 spiro atoms. The molecule has 1 N–H and O–H groups in total. The molecule has 0 radical (unpaired) electrons. The maximum atomic E-state index is 13.7. The first-order valence-electron chi connectivity index (χ1n) is 9.42. The summed E-state index contributed by atoms with van der Waals surface area (Å²) in [5.74, 6) is -1.36. The van der Waals surface area contributed by atoms with E-state index in [0.717, 1.165) is 16.6 Å². The zero-order valence-corrected chi connectivity index (χ0v) is 18.4. The van der Waals surface area contributed by atoms with Crippen LogP contribution in [0.2, 0.25) is 0 Å². The van der Waals surface area contributed by atoms with E-state index in [1.54, 1.807) is 42.9 Å². The van der Waals surface area contributed by atoms with E-state index in [9.17, 15) is 22.4 Å². The number of anilines is 2. The molecule has 164 valence electrons. The third-order valence-corrected chi connectivity index (χ3v) is 6.20. The highest BCUT2D eigenvalue weighted by molar-refractivity contribution is 7.92. The average molecular weight is 447 g/mol. The van der Waals surface area contributed by atoms with Crippen molar-refractivity contribution < 1.29 is 17.6 Å². The first kappa shape index (κ1) is 22.3. The van der Waals surface area contributed by atoms with E-state index in [1.165, 1.54) is 29.8 Å². The van der Waals surface area contributed by atoms with Crippen molar-refractivity contribution in [2.45, 2.75) is 19.9 Å². The summed E-state index contributed by atoms with van der Waals surface area (Å²) in [4.78, 5) is 25.9. The van der Waals surface area contributed by atoms with Crippen LogP contribution in [0.3, 0.4) is 0 Å². The van der Waals surface area contributed by atoms with Gasteiger partial charge in [-0.1, -0.05) is 24.3 Å². The number of rotatable bonds is 6. The maximum Gasteiger partial charge on any atom is 0.295 e. The van der Waals surface area contributed by atoms with Crippen molar-refractivity contribution in [3.63, 3.8) is 0 Å². The zero-order valence-electron chi connectivity index (χ0n) is 17.5. The normalized spacial score (nSPS) is 12.4. The molecule has 0 saturated carbocycles. The molecule has 0 bridgehead atoms. The number of benzene rings is 2. The van der Waals surface area contributed by atoms with Gasteiger partial charge in [-0.2, -0.15) is 0 Å². The fourth-order valence-electron chi connectivity index (χ4n) is 3.36. The number of para-hydroxylation sites is 1. The van der Waals surface area contributed by atoms with E-state index in [-0.39, 0.29) is 11.4 Å². The molecule has 0 fully saturated rings. The number of amides is 1. The van der Waals surface area contributed by atoms with Crippen molar-refractivity contribution in [3.05, 3.63) is 76.5 Å². The van der Waals surface area contributed by atoms with E-state index in [4.69, 9.17) is 0 Å². The van der Waals surface area contributed by atoms with Gasteiger partial charge >= 0.3 is 0 Å². The van der Waals surface area contributed by atoms with Gasteiger partial charge in [-0.05, 0) is 44.2 Å². The quantitative estimate of drug-likeness (QED) is 0.629. The summed E-state index contributed by atoms with van der Waals surface area (Å²) in [5, 5.41) is 2.55. The Morgan fingerprint density at radius 3 is 2.35 bits per heavy atom. The molecule has 0 saturated heterocycles. The highest BCUT2D eigenvalue weighted by Gasteiger charge is 2.31. The molecule has 1 atom stereocenters. The zero-order chi connectivity index (χ0) is 22.9. The molecule has 8 nitrogen and oxygen atoms in total. The number of carbonyl (C=O) groups excluding carboxylic acids is 1. The monoisotopic (exact) mass is 446 g/mol. The molecule has 3 rings (SSSR count). The van der Waals surface area contributed by atoms with Gasteiger partial charge in [-0.25, -0.2) is 17.5 Å². The van der Waals surface area contributed by atoms with Gasteiger partial charge in [0.15, 0.2) is 0 Å². The number of halogens is 1. The number of sulfonamides is 1. The summed E-state index contributed by atoms with van der Waals surface area (Å²) in [6.45, 7) is 3.04. The fraction of sp³-hybridized carbons (Fsp3) is 0.238. The Kier molecular flexibility index (Phi) is 6.03. The lowest BCUT2D eigenvalue weighted by molar-refractivity contribution is -0.116. The van der Waals surface area contributed by atoms with Gasteiger partial charge in [-0.15, -0.1) is 0 Å². The Morgan fingerprint density at radius 2 is 1.77 bits per heavy atom. The smallest absolute Gasteiger partial charge is 0.295 e. The largest absolute Gasteiger partial charge is 0.318 e. The molecular weight excluding hydrogens is 423 g/mol. The van der Waals surface area contributed by atoms with Gasteiger partial charge in [0, 0.05) is 7.05 Å². The van der Waals surface area contributed by atoms with Gasteiger partial charge in [0.25, 0.3) is 5.56 Å². The lowest BCUT2D eigenvalue weighted by Gasteiger charge is -2.28. The molecular formula is C21H23FN4O4S. The number of nitrogens with one attached hydrogen (secondary N) is 1. The lowest BCUT2D eigenvalue weighted by atomic mass is 10.2. The third-order valence-electron chi connectivity index (χ3n) is 4.95. The standard InChI is InChI=1S/C21H23FN4O4S/c1-14-19(21(28)25(24(14)3)17-10-6-5-7-11-17)23-20(27)15(2)26(31(4,29)30)18-12-8-9-16(22)13-18/h5-13,15H,1-4H3,(H,23,27)/t15-/m0/s1. The number of hydrogen-bond donors (Lipinski definition) is 1. The van der Waals surface area contributed by atoms with Gasteiger partial charge in [0.2, 0.25) is 15.9 Å². The van der Waals surface area contributed by atoms with E-state index < -0.39 is 33.3 Å². The number of carbonyl (C=O) groups is 1. The molecule has 1 amide bonds. The molecule has 10 heteroatoms. The molecule has 0 aliphatic rings. The number of hydrogen-bond acceptors (Lipinski definition) is 4. The minimum Gasteiger partial charge on any atom is -0.318 e. The van der Waals surface area contributed by atoms with Crippen LogP contribution in [0.1, 0.15) is 12.6 Å². The summed E-state index contributed by atoms with van der Waals surface area (Å²) in [6, 6.07) is 12.6. The van der Waals surface area contributed by atoms with Gasteiger partial charge < -0.3 is 5.32 Å². The highest BCUT2D eigenvalue weighted by atomic mass is 32.2. The van der Waals surface area contributed by atoms with Crippen LogP contribution >= 0.6 is 0 Å². The fourth-order valence-corrected chi connectivity index (χ4v) is 4.53. The van der Waals surface area contributed by atoms with Crippen LogP contribution < -0.4 is 15.2 Å². The van der Waals surface area contributed by atoms with Crippen molar-refractivity contribution in [1.82, 2.24) is 9.36 Å². The minimum atomic E-state index is -3.92. The molecule has 1 heterocycles. The summed E-state index contributed by atoms with van der Waals surface area (Å²) in [6.07, 6.45) is 0.928. The van der Waals surface area contributed by atoms with Crippen molar-refractivity contribution in [1.29, 1.82) is 0 Å². The van der Waals surface area contributed by atoms with Crippen LogP contribution in [0.15, 0.2) is 59.4 Å². The van der Waals surface area contributed by atoms with Crippen molar-refractivity contribution in [2.75, 3.05) is 15.9 Å². The summed E-state index contributed by atoms with van der Waals surface area (Å²) in [5.41, 5.74) is 0.700. The van der Waals surface area contributed by atoms with Crippen LogP contribution in [-0.4, -0.2) is 36.0 Å². The lowest BCUT2D eigenvalue weighted by Crippen LogP contribution is -2.45. The Balaban J connectivity index is 1.98. The molecule has 0 unspecified atom stereocenters. The maximum absolute atomic E-state index is 13.7. The SMILES string of the molecule is Cc1c(NC(=O)[C@H](C)N(c2cccc(F)c2)S(C)(=O)=O)c(=O)n(-c2ccccc2)n1C. The number of aromatic nitrogens is 2. The molecule has 3 aromatic rings. The van der Waals surface area contributed by atoms with Gasteiger partial charge in [0.05, 0.1) is 23.3 Å². The Bertz CT molecular complexity index is 1280. The third kappa shape index (κ3) is 4.38. The van der Waals surface area contributed by atoms with Crippen molar-refractivity contribution in [2.24, 2.45) is 7.05 Å². The van der Waals surface area contributed by atoms with Crippen LogP contribution in [0.25, 0.3) is 5.69 Å². The second-order valence-electron chi connectivity index (χ2n) is 7.14. The Hall–Kier alpha value is -3.40. The van der Waals surface area contributed by atoms with Gasteiger partial charge in [0.1, 0.15) is 17.5 Å². The van der Waals surface area contributed by atoms with E-state index >= 15 is 0 Å². The van der Waals surface area contributed by atoms with Crippen molar-refractivity contribution >= 4 is 27.3 Å². The van der Waals surface area contributed by atoms with Crippen molar-refractivity contribution in [3.8, 4) is 5.69 Å². The van der Waals surface area contributed by atoms with Gasteiger partial charge in [-0.3, -0.25) is 18.6 Å². The Morgan fingerprint density at radius 1 is 1.13 bits per heavy atom. The molecule has 31 heavy (non-hydrogen) atoms. The summed E-state index contributed by atoms with van der Waals surface area (Å²) in [7, 11) is -2.24. The predicted octanol–water partition coefficient (Wildman–Crippen LogP) is 2.42. The highest BCUT2D eigenvalue weighted by Crippen LogP contribution is 2.23. The summed E-state index contributed by atoms with van der Waals surface area (Å²) < 4.78 is 42.2. The van der Waals surface area contributed by atoms with E-state index in [2.05, 4.69) is 5.32 Å². The molecule has 0 aliphatic carbocycles. The van der Waals surface area contributed by atoms with Crippen LogP contribution in [-0.2, 0) is 21.9 Å². The second kappa shape index (κ2) is 8.38. The van der Waals surface area contributed by atoms with E-state index in [0.29, 0.717) is 11.4 Å². The van der Waals surface area contributed by atoms with Crippen LogP contribution in [0, 0.1) is 12.7 Å². The van der Waals surface area contributed by atoms with Crippen LogP contribution in [0.5, 0.6) is 0 Å². The topological polar surface area (TPSA) is 93.4 Å². The molecule has 1 aromatic heterocycles. The Labute approximate surface area is 179 Å². The van der Waals surface area contributed by atoms with Crippen LogP contribution in [0.4, 0.5) is 15.8 Å². The first-order chi connectivity index (χ1) is 14.5. The minimum absolute atomic E-state index is 0.0108. The first-order valence-corrected chi connectivity index (χ1v) is 11.3. The molecule has 2 aromatic carbocycles. The average Bonchev–Trinajstić information content (AvgIpc) is 2.91. The molecule has 0 aliphatic heterocycles. The summed E-state index contributed by atoms with van der Waals surface area (Å²) >= 11 is 0.